The zero-order valence-corrected chi connectivity index (χ0v) is 20.0. The molecule has 1 unspecified atom stereocenters. The third kappa shape index (κ3) is 5.94. The maximum absolute atomic E-state index is 13.0. The molecule has 11 heteroatoms. The van der Waals surface area contributed by atoms with E-state index in [0.717, 1.165) is 23.5 Å². The lowest BCUT2D eigenvalue weighted by molar-refractivity contribution is -0.151. The molecule has 0 radical (unpaired) electrons. The van der Waals surface area contributed by atoms with Crippen LogP contribution in [0.1, 0.15) is 40.7 Å². The number of benzene rings is 1. The number of piperidine rings is 1. The Hall–Kier alpha value is -2.95. The summed E-state index contributed by atoms with van der Waals surface area (Å²) < 4.78 is 43.5. The summed E-state index contributed by atoms with van der Waals surface area (Å²) in [6, 6.07) is 4.58. The van der Waals surface area contributed by atoms with Crippen LogP contribution in [0.2, 0.25) is 0 Å². The van der Waals surface area contributed by atoms with Crippen LogP contribution in [0.15, 0.2) is 24.3 Å². The highest BCUT2D eigenvalue weighted by Gasteiger charge is 2.32. The number of thiazole rings is 1. The van der Waals surface area contributed by atoms with E-state index >= 15 is 0 Å². The first-order valence-electron chi connectivity index (χ1n) is 10.9. The lowest BCUT2D eigenvalue weighted by Crippen LogP contribution is -2.47. The Morgan fingerprint density at radius 1 is 1.24 bits per heavy atom. The van der Waals surface area contributed by atoms with Crippen LogP contribution in [0.3, 0.4) is 0 Å². The van der Waals surface area contributed by atoms with Gasteiger partial charge >= 0.3 is 12.1 Å². The van der Waals surface area contributed by atoms with E-state index in [1.54, 1.807) is 18.7 Å². The SMILES string of the molecule is CCOC(=O)C1CCCN(C(=O)CN(C)C(=O)c2sc(-c3ccc(C(F)(F)F)cc3)nc2C)C1. The zero-order chi connectivity index (χ0) is 25.0. The molecule has 2 amide bonds. The van der Waals surface area contributed by atoms with Crippen LogP contribution in [-0.4, -0.2) is 65.9 Å². The van der Waals surface area contributed by atoms with Crippen molar-refractivity contribution in [3.63, 3.8) is 0 Å². The largest absolute Gasteiger partial charge is 0.466 e. The summed E-state index contributed by atoms with van der Waals surface area (Å²) in [5, 5.41) is 0.419. The van der Waals surface area contributed by atoms with Gasteiger partial charge in [0.25, 0.3) is 5.91 Å². The number of amides is 2. The van der Waals surface area contributed by atoms with Crippen LogP contribution in [-0.2, 0) is 20.5 Å². The minimum absolute atomic E-state index is 0.165. The second-order valence-corrected chi connectivity index (χ2v) is 9.10. The van der Waals surface area contributed by atoms with Gasteiger partial charge in [0.05, 0.1) is 30.3 Å². The van der Waals surface area contributed by atoms with Gasteiger partial charge in [0.1, 0.15) is 9.88 Å². The van der Waals surface area contributed by atoms with Gasteiger partial charge in [-0.25, -0.2) is 4.98 Å². The zero-order valence-electron chi connectivity index (χ0n) is 19.1. The van der Waals surface area contributed by atoms with E-state index in [1.807, 2.05) is 0 Å². The third-order valence-corrected chi connectivity index (χ3v) is 6.76. The molecule has 1 saturated heterocycles. The number of likely N-dealkylation sites (tertiary alicyclic amines) is 1. The van der Waals surface area contributed by atoms with Gasteiger partial charge in [-0.05, 0) is 38.8 Å². The summed E-state index contributed by atoms with van der Waals surface area (Å²) in [5.74, 6) is -1.36. The van der Waals surface area contributed by atoms with Crippen LogP contribution in [0.4, 0.5) is 13.2 Å². The predicted molar refractivity (Wildman–Crippen MR) is 120 cm³/mol. The fourth-order valence-corrected chi connectivity index (χ4v) is 4.79. The lowest BCUT2D eigenvalue weighted by Gasteiger charge is -2.32. The van der Waals surface area contributed by atoms with Gasteiger partial charge in [0, 0.05) is 25.7 Å². The molecule has 0 N–H and O–H groups in total. The second-order valence-electron chi connectivity index (χ2n) is 8.10. The molecule has 1 aromatic heterocycles. The number of aryl methyl sites for hydroxylation is 1. The molecular weight excluding hydrogens is 471 g/mol. The summed E-state index contributed by atoms with van der Waals surface area (Å²) in [6.45, 7) is 4.26. The average molecular weight is 498 g/mol. The maximum Gasteiger partial charge on any atom is 0.416 e. The van der Waals surface area contributed by atoms with Crippen LogP contribution in [0, 0.1) is 12.8 Å². The van der Waals surface area contributed by atoms with E-state index < -0.39 is 17.6 Å². The van der Waals surface area contributed by atoms with Crippen molar-refractivity contribution in [1.29, 1.82) is 0 Å². The smallest absolute Gasteiger partial charge is 0.416 e. The van der Waals surface area contributed by atoms with Crippen LogP contribution < -0.4 is 0 Å². The number of carbonyl (C=O) groups excluding carboxylic acids is 3. The van der Waals surface area contributed by atoms with E-state index in [2.05, 4.69) is 4.98 Å². The third-order valence-electron chi connectivity index (χ3n) is 5.56. The fourth-order valence-electron chi connectivity index (χ4n) is 3.72. The summed E-state index contributed by atoms with van der Waals surface area (Å²) in [6.07, 6.45) is -3.10. The molecule has 0 spiro atoms. The van der Waals surface area contributed by atoms with Crippen molar-refractivity contribution < 1.29 is 32.3 Å². The standard InChI is InChI=1S/C23H26F3N3O4S/c1-4-33-22(32)16-6-5-11-29(12-16)18(30)13-28(3)21(31)19-14(2)27-20(34-19)15-7-9-17(10-8-15)23(24,25)26/h7-10,16H,4-6,11-13H2,1-3H3. The molecule has 1 fully saturated rings. The number of hydrogen-bond donors (Lipinski definition) is 0. The van der Waals surface area contributed by atoms with Crippen molar-refractivity contribution in [1.82, 2.24) is 14.8 Å². The molecule has 2 heterocycles. The number of esters is 1. The number of ether oxygens (including phenoxy) is 1. The first-order valence-corrected chi connectivity index (χ1v) is 11.7. The molecule has 1 aromatic carbocycles. The Balaban J connectivity index is 1.66. The molecule has 1 aliphatic heterocycles. The molecule has 7 nitrogen and oxygen atoms in total. The van der Waals surface area contributed by atoms with Crippen LogP contribution >= 0.6 is 11.3 Å². The monoisotopic (exact) mass is 497 g/mol. The van der Waals surface area contributed by atoms with Crippen molar-refractivity contribution >= 4 is 29.1 Å². The molecule has 184 valence electrons. The Morgan fingerprint density at radius 2 is 1.91 bits per heavy atom. The summed E-state index contributed by atoms with van der Waals surface area (Å²) in [4.78, 5) is 45.3. The van der Waals surface area contributed by atoms with Gasteiger partial charge in [-0.1, -0.05) is 12.1 Å². The van der Waals surface area contributed by atoms with E-state index in [1.165, 1.54) is 24.1 Å². The maximum atomic E-state index is 13.0. The minimum Gasteiger partial charge on any atom is -0.466 e. The molecule has 3 rings (SSSR count). The Bertz CT molecular complexity index is 1050. The number of hydrogen-bond acceptors (Lipinski definition) is 6. The quantitative estimate of drug-likeness (QED) is 0.564. The number of alkyl halides is 3. The fraction of sp³-hybridized carbons (Fsp3) is 0.478. The highest BCUT2D eigenvalue weighted by molar-refractivity contribution is 7.17. The summed E-state index contributed by atoms with van der Waals surface area (Å²) in [7, 11) is 1.50. The summed E-state index contributed by atoms with van der Waals surface area (Å²) in [5.41, 5.74) is 0.142. The van der Waals surface area contributed by atoms with Crippen molar-refractivity contribution in [3.8, 4) is 10.6 Å². The molecular formula is C23H26F3N3O4S. The van der Waals surface area contributed by atoms with Crippen LogP contribution in [0.25, 0.3) is 10.6 Å². The topological polar surface area (TPSA) is 79.8 Å². The molecule has 1 atom stereocenters. The molecule has 0 bridgehead atoms. The van der Waals surface area contributed by atoms with Gasteiger partial charge in [-0.15, -0.1) is 11.3 Å². The number of nitrogens with zero attached hydrogens (tertiary/aromatic N) is 3. The number of likely N-dealkylation sites (N-methyl/N-ethyl adjacent to an activating group) is 1. The first kappa shape index (κ1) is 25.7. The highest BCUT2D eigenvalue weighted by atomic mass is 32.1. The predicted octanol–water partition coefficient (Wildman–Crippen LogP) is 4.01. The van der Waals surface area contributed by atoms with Crippen molar-refractivity contribution in [2.24, 2.45) is 5.92 Å². The Kier molecular flexibility index (Phi) is 7.96. The number of carbonyl (C=O) groups is 3. The normalized spacial score (nSPS) is 16.3. The lowest BCUT2D eigenvalue weighted by atomic mass is 9.98. The number of rotatable bonds is 6. The van der Waals surface area contributed by atoms with Gasteiger partial charge in [-0.2, -0.15) is 13.2 Å². The molecule has 0 saturated carbocycles. The number of aromatic nitrogens is 1. The van der Waals surface area contributed by atoms with Crippen molar-refractivity contribution in [2.75, 3.05) is 33.3 Å². The molecule has 0 aliphatic carbocycles. The van der Waals surface area contributed by atoms with Gasteiger partial charge < -0.3 is 14.5 Å². The molecule has 2 aromatic rings. The van der Waals surface area contributed by atoms with Gasteiger partial charge in [-0.3, -0.25) is 14.4 Å². The Labute approximate surface area is 199 Å². The minimum atomic E-state index is -4.43. The first-order chi connectivity index (χ1) is 16.0. The van der Waals surface area contributed by atoms with E-state index in [4.69, 9.17) is 4.74 Å². The molecule has 1 aliphatic rings. The highest BCUT2D eigenvalue weighted by Crippen LogP contribution is 2.33. The van der Waals surface area contributed by atoms with E-state index in [0.29, 0.717) is 40.5 Å². The number of halogens is 3. The second kappa shape index (κ2) is 10.5. The van der Waals surface area contributed by atoms with Gasteiger partial charge in [0.2, 0.25) is 5.91 Å². The van der Waals surface area contributed by atoms with Crippen molar-refractivity contribution in [3.05, 3.63) is 40.4 Å². The van der Waals surface area contributed by atoms with Gasteiger partial charge in [0.15, 0.2) is 0 Å². The molecule has 34 heavy (non-hydrogen) atoms. The Morgan fingerprint density at radius 3 is 2.53 bits per heavy atom. The average Bonchev–Trinajstić information content (AvgIpc) is 3.19. The van der Waals surface area contributed by atoms with E-state index in [-0.39, 0.29) is 37.5 Å². The van der Waals surface area contributed by atoms with Crippen molar-refractivity contribution in [2.45, 2.75) is 32.9 Å². The summed E-state index contributed by atoms with van der Waals surface area (Å²) >= 11 is 1.07. The van der Waals surface area contributed by atoms with E-state index in [9.17, 15) is 27.6 Å². The van der Waals surface area contributed by atoms with Crippen LogP contribution in [0.5, 0.6) is 0 Å².